The van der Waals surface area contributed by atoms with Gasteiger partial charge in [-0.2, -0.15) is 0 Å². The lowest BCUT2D eigenvalue weighted by Crippen LogP contribution is -2.24. The van der Waals surface area contributed by atoms with E-state index in [1.54, 1.807) is 0 Å². The Kier molecular flexibility index (Phi) is 6.93. The molecule has 2 aromatic carbocycles. The molecule has 0 radical (unpaired) electrons. The summed E-state index contributed by atoms with van der Waals surface area (Å²) in [5, 5.41) is 3.50. The van der Waals surface area contributed by atoms with Gasteiger partial charge in [-0.1, -0.05) is 37.3 Å². The molecule has 1 atom stereocenters. The average molecular weight is 427 g/mol. The Morgan fingerprint density at radius 2 is 1.68 bits per heavy atom. The molecule has 2 nitrogen and oxygen atoms in total. The zero-order valence-corrected chi connectivity index (χ0v) is 16.1. The van der Waals surface area contributed by atoms with Gasteiger partial charge in [0.1, 0.15) is 12.4 Å². The van der Waals surface area contributed by atoms with Crippen molar-refractivity contribution < 1.29 is 4.74 Å². The number of benzene rings is 2. The topological polar surface area (TPSA) is 21.3 Å². The van der Waals surface area contributed by atoms with E-state index in [0.717, 1.165) is 33.2 Å². The molecular weight excluding hydrogens is 406 g/mol. The quantitative estimate of drug-likeness (QED) is 0.614. The van der Waals surface area contributed by atoms with Crippen LogP contribution in [0.4, 0.5) is 0 Å². The molecule has 0 amide bonds. The van der Waals surface area contributed by atoms with E-state index in [1.807, 2.05) is 18.2 Å². The fourth-order valence-electron chi connectivity index (χ4n) is 2.02. The van der Waals surface area contributed by atoms with Crippen LogP contribution < -0.4 is 10.1 Å². The molecule has 0 bridgehead atoms. The molecule has 0 aromatic heterocycles. The molecule has 0 aliphatic heterocycles. The zero-order chi connectivity index (χ0) is 15.9. The highest BCUT2D eigenvalue weighted by Crippen LogP contribution is 2.35. The summed E-state index contributed by atoms with van der Waals surface area (Å²) < 4.78 is 7.88. The second-order valence-electron chi connectivity index (χ2n) is 5.35. The Labute approximate surface area is 149 Å². The van der Waals surface area contributed by atoms with Gasteiger partial charge in [-0.15, -0.1) is 0 Å². The van der Waals surface area contributed by atoms with Gasteiger partial charge in [-0.05, 0) is 68.5 Å². The molecule has 2 aromatic rings. The number of nitrogens with one attached hydrogen (secondary N) is 1. The fourth-order valence-corrected chi connectivity index (χ4v) is 3.53. The van der Waals surface area contributed by atoms with Crippen LogP contribution >= 0.6 is 31.9 Å². The summed E-state index contributed by atoms with van der Waals surface area (Å²) >= 11 is 7.23. The van der Waals surface area contributed by atoms with Crippen molar-refractivity contribution in [2.75, 3.05) is 0 Å². The largest absolute Gasteiger partial charge is 0.487 e. The minimum atomic E-state index is 0.520. The molecule has 22 heavy (non-hydrogen) atoms. The van der Waals surface area contributed by atoms with Crippen LogP contribution in [0.2, 0.25) is 0 Å². The first-order valence-corrected chi connectivity index (χ1v) is 9.06. The van der Waals surface area contributed by atoms with Crippen molar-refractivity contribution in [3.8, 4) is 5.75 Å². The molecule has 0 aliphatic carbocycles. The third kappa shape index (κ3) is 5.11. The van der Waals surface area contributed by atoms with E-state index < -0.39 is 0 Å². The van der Waals surface area contributed by atoms with Gasteiger partial charge in [0.25, 0.3) is 0 Å². The number of rotatable bonds is 7. The Bertz CT molecular complexity index is 578. The minimum Gasteiger partial charge on any atom is -0.487 e. The zero-order valence-electron chi connectivity index (χ0n) is 12.9. The number of ether oxygens (including phenoxy) is 1. The van der Waals surface area contributed by atoms with Crippen molar-refractivity contribution in [3.63, 3.8) is 0 Å². The number of hydrogen-bond acceptors (Lipinski definition) is 2. The number of halogens is 2. The molecule has 0 saturated heterocycles. The second-order valence-corrected chi connectivity index (χ2v) is 7.06. The number of hydrogen-bond donors (Lipinski definition) is 1. The smallest absolute Gasteiger partial charge is 0.148 e. The van der Waals surface area contributed by atoms with Crippen LogP contribution in [0.1, 0.15) is 31.4 Å². The minimum absolute atomic E-state index is 0.520. The first kappa shape index (κ1) is 17.5. The highest BCUT2D eigenvalue weighted by atomic mass is 79.9. The van der Waals surface area contributed by atoms with Crippen LogP contribution in [0.3, 0.4) is 0 Å². The predicted molar refractivity (Wildman–Crippen MR) is 99.2 cm³/mol. The summed E-state index contributed by atoms with van der Waals surface area (Å²) in [7, 11) is 0. The second kappa shape index (κ2) is 8.70. The maximum Gasteiger partial charge on any atom is 0.148 e. The summed E-state index contributed by atoms with van der Waals surface area (Å²) in [6.07, 6.45) is 1.13. The monoisotopic (exact) mass is 425 g/mol. The lowest BCUT2D eigenvalue weighted by atomic mass is 10.2. The molecule has 2 rings (SSSR count). The van der Waals surface area contributed by atoms with Gasteiger partial charge in [0.05, 0.1) is 8.95 Å². The van der Waals surface area contributed by atoms with Gasteiger partial charge < -0.3 is 10.1 Å². The van der Waals surface area contributed by atoms with Crippen LogP contribution in [-0.2, 0) is 13.2 Å². The van der Waals surface area contributed by atoms with Crippen molar-refractivity contribution in [2.24, 2.45) is 0 Å². The normalized spacial score (nSPS) is 12.2. The third-order valence-corrected chi connectivity index (χ3v) is 4.73. The van der Waals surface area contributed by atoms with E-state index in [9.17, 15) is 0 Å². The van der Waals surface area contributed by atoms with E-state index in [0.29, 0.717) is 12.6 Å². The summed E-state index contributed by atoms with van der Waals surface area (Å²) in [6, 6.07) is 14.9. The SMILES string of the molecule is CCC(C)NCc1cc(Br)c(OCc2ccccc2)c(Br)c1. The molecule has 0 spiro atoms. The molecular formula is C18H21Br2NO. The van der Waals surface area contributed by atoms with E-state index in [4.69, 9.17) is 4.74 Å². The lowest BCUT2D eigenvalue weighted by molar-refractivity contribution is 0.302. The van der Waals surface area contributed by atoms with Crippen molar-refractivity contribution in [3.05, 3.63) is 62.5 Å². The summed E-state index contributed by atoms with van der Waals surface area (Å²) in [6.45, 7) is 5.79. The summed E-state index contributed by atoms with van der Waals surface area (Å²) in [5.41, 5.74) is 2.38. The molecule has 0 saturated carbocycles. The van der Waals surface area contributed by atoms with Gasteiger partial charge in [0.15, 0.2) is 0 Å². The fraction of sp³-hybridized carbons (Fsp3) is 0.333. The average Bonchev–Trinajstić information content (AvgIpc) is 2.52. The summed E-state index contributed by atoms with van der Waals surface area (Å²) in [5.74, 6) is 0.844. The van der Waals surface area contributed by atoms with Gasteiger partial charge in [-0.25, -0.2) is 0 Å². The Morgan fingerprint density at radius 3 is 2.27 bits per heavy atom. The van der Waals surface area contributed by atoms with E-state index in [2.05, 4.69) is 75.3 Å². The Morgan fingerprint density at radius 1 is 1.05 bits per heavy atom. The van der Waals surface area contributed by atoms with Crippen LogP contribution in [0.15, 0.2) is 51.4 Å². The molecule has 0 aliphatic rings. The standard InChI is InChI=1S/C18H21Br2NO/c1-3-13(2)21-11-15-9-16(19)18(17(20)10-15)22-12-14-7-5-4-6-8-14/h4-10,13,21H,3,11-12H2,1-2H3. The van der Waals surface area contributed by atoms with Crippen molar-refractivity contribution in [1.82, 2.24) is 5.32 Å². The summed E-state index contributed by atoms with van der Waals surface area (Å²) in [4.78, 5) is 0. The maximum absolute atomic E-state index is 5.94. The van der Waals surface area contributed by atoms with Crippen LogP contribution in [0.25, 0.3) is 0 Å². The van der Waals surface area contributed by atoms with E-state index >= 15 is 0 Å². The molecule has 118 valence electrons. The van der Waals surface area contributed by atoms with Crippen LogP contribution in [0, 0.1) is 0 Å². The molecule has 4 heteroatoms. The first-order chi connectivity index (χ1) is 10.6. The van der Waals surface area contributed by atoms with Crippen LogP contribution in [0.5, 0.6) is 5.75 Å². The van der Waals surface area contributed by atoms with Crippen molar-refractivity contribution in [2.45, 2.75) is 39.5 Å². The van der Waals surface area contributed by atoms with E-state index in [-0.39, 0.29) is 0 Å². The molecule has 0 heterocycles. The van der Waals surface area contributed by atoms with Gasteiger partial charge >= 0.3 is 0 Å². The molecule has 0 fully saturated rings. The third-order valence-electron chi connectivity index (χ3n) is 3.55. The predicted octanol–water partition coefficient (Wildman–Crippen LogP) is 5.68. The molecule has 1 N–H and O–H groups in total. The maximum atomic E-state index is 5.94. The lowest BCUT2D eigenvalue weighted by Gasteiger charge is -2.15. The Balaban J connectivity index is 2.03. The van der Waals surface area contributed by atoms with Crippen molar-refractivity contribution >= 4 is 31.9 Å². The van der Waals surface area contributed by atoms with Crippen molar-refractivity contribution in [1.29, 1.82) is 0 Å². The highest BCUT2D eigenvalue weighted by molar-refractivity contribution is 9.11. The van der Waals surface area contributed by atoms with Gasteiger partial charge in [0.2, 0.25) is 0 Å². The van der Waals surface area contributed by atoms with Gasteiger partial charge in [-0.3, -0.25) is 0 Å². The first-order valence-electron chi connectivity index (χ1n) is 7.48. The van der Waals surface area contributed by atoms with E-state index in [1.165, 1.54) is 5.56 Å². The Hall–Kier alpha value is -0.840. The molecule has 1 unspecified atom stereocenters. The highest BCUT2D eigenvalue weighted by Gasteiger charge is 2.10. The van der Waals surface area contributed by atoms with Crippen LogP contribution in [-0.4, -0.2) is 6.04 Å². The van der Waals surface area contributed by atoms with Gasteiger partial charge in [0, 0.05) is 12.6 Å².